The van der Waals surface area contributed by atoms with Gasteiger partial charge in [0.1, 0.15) is 0 Å². The molecule has 2 N–H and O–H groups in total. The van der Waals surface area contributed by atoms with E-state index in [2.05, 4.69) is 31.8 Å². The van der Waals surface area contributed by atoms with Crippen LogP contribution in [0.25, 0.3) is 0 Å². The Morgan fingerprint density at radius 3 is 2.39 bits per heavy atom. The summed E-state index contributed by atoms with van der Waals surface area (Å²) in [5, 5.41) is 6.42. The van der Waals surface area contributed by atoms with Gasteiger partial charge < -0.3 is 24.3 Å². The molecule has 166 valence electrons. The van der Waals surface area contributed by atoms with E-state index < -0.39 is 11.8 Å². The van der Waals surface area contributed by atoms with Gasteiger partial charge in [0.15, 0.2) is 23.0 Å². The molecule has 0 aromatic heterocycles. The van der Waals surface area contributed by atoms with Gasteiger partial charge in [-0.15, -0.1) is 0 Å². The Balaban J connectivity index is 1.93. The molecule has 0 heterocycles. The zero-order valence-corrected chi connectivity index (χ0v) is 19.2. The van der Waals surface area contributed by atoms with Crippen molar-refractivity contribution in [3.8, 4) is 23.0 Å². The molecule has 9 nitrogen and oxygen atoms in total. The highest BCUT2D eigenvalue weighted by Gasteiger charge is 2.12. The van der Waals surface area contributed by atoms with Gasteiger partial charge in [-0.3, -0.25) is 9.59 Å². The second-order valence-electron chi connectivity index (χ2n) is 6.01. The van der Waals surface area contributed by atoms with Crippen molar-refractivity contribution in [2.75, 3.05) is 34.5 Å². The molecule has 2 aromatic rings. The summed E-state index contributed by atoms with van der Waals surface area (Å²) in [5.74, 6) is 1.13. The highest BCUT2D eigenvalue weighted by molar-refractivity contribution is 9.10. The first-order chi connectivity index (χ1) is 14.9. The second-order valence-corrected chi connectivity index (χ2v) is 6.87. The van der Waals surface area contributed by atoms with Crippen molar-refractivity contribution in [2.24, 2.45) is 5.10 Å². The molecule has 0 saturated heterocycles. The molecular formula is C21H24BrN3O6. The molecule has 0 bridgehead atoms. The number of amides is 2. The van der Waals surface area contributed by atoms with E-state index in [0.717, 1.165) is 0 Å². The van der Waals surface area contributed by atoms with Crippen LogP contribution in [0.4, 0.5) is 0 Å². The van der Waals surface area contributed by atoms with Crippen molar-refractivity contribution < 1.29 is 28.5 Å². The van der Waals surface area contributed by atoms with Crippen molar-refractivity contribution in [1.29, 1.82) is 0 Å². The fourth-order valence-corrected chi connectivity index (χ4v) is 3.13. The Morgan fingerprint density at radius 2 is 1.74 bits per heavy atom. The van der Waals surface area contributed by atoms with Gasteiger partial charge in [0.05, 0.1) is 45.2 Å². The van der Waals surface area contributed by atoms with E-state index in [1.165, 1.54) is 33.6 Å². The SMILES string of the molecule is CCOc1c(Br)cc(/C=N/NC(=O)CNC(=O)c2ccc(OC)c(OC)c2)cc1OC. The molecule has 0 atom stereocenters. The Bertz CT molecular complexity index is 964. The molecule has 0 aliphatic carbocycles. The third-order valence-electron chi connectivity index (χ3n) is 4.00. The van der Waals surface area contributed by atoms with Crippen LogP contribution in [0.2, 0.25) is 0 Å². The van der Waals surface area contributed by atoms with Crippen LogP contribution in [0.3, 0.4) is 0 Å². The molecular weight excluding hydrogens is 470 g/mol. The second kappa shape index (κ2) is 11.8. The average molecular weight is 494 g/mol. The summed E-state index contributed by atoms with van der Waals surface area (Å²) in [6.07, 6.45) is 1.46. The summed E-state index contributed by atoms with van der Waals surface area (Å²) in [4.78, 5) is 24.2. The number of rotatable bonds is 10. The van der Waals surface area contributed by atoms with E-state index in [9.17, 15) is 9.59 Å². The lowest BCUT2D eigenvalue weighted by Crippen LogP contribution is -2.34. The Hall–Kier alpha value is -3.27. The predicted molar refractivity (Wildman–Crippen MR) is 119 cm³/mol. The Labute approximate surface area is 188 Å². The van der Waals surface area contributed by atoms with E-state index >= 15 is 0 Å². The van der Waals surface area contributed by atoms with Crippen molar-refractivity contribution in [3.05, 3.63) is 45.9 Å². The topological polar surface area (TPSA) is 107 Å². The number of nitrogens with one attached hydrogen (secondary N) is 2. The van der Waals surface area contributed by atoms with Crippen molar-refractivity contribution >= 4 is 34.0 Å². The fourth-order valence-electron chi connectivity index (χ4n) is 2.56. The number of methoxy groups -OCH3 is 3. The summed E-state index contributed by atoms with van der Waals surface area (Å²) in [6, 6.07) is 8.22. The summed E-state index contributed by atoms with van der Waals surface area (Å²) < 4.78 is 21.9. The summed E-state index contributed by atoms with van der Waals surface area (Å²) >= 11 is 3.42. The molecule has 0 saturated carbocycles. The zero-order valence-electron chi connectivity index (χ0n) is 17.7. The van der Waals surface area contributed by atoms with Crippen molar-refractivity contribution in [3.63, 3.8) is 0 Å². The number of carbonyl (C=O) groups is 2. The van der Waals surface area contributed by atoms with Gasteiger partial charge in [-0.05, 0) is 58.7 Å². The summed E-state index contributed by atoms with van der Waals surface area (Å²) in [6.45, 7) is 2.12. The van der Waals surface area contributed by atoms with Crippen LogP contribution in [0.5, 0.6) is 23.0 Å². The molecule has 0 aliphatic rings. The maximum absolute atomic E-state index is 12.2. The minimum absolute atomic E-state index is 0.249. The van der Waals surface area contributed by atoms with Crippen molar-refractivity contribution in [2.45, 2.75) is 6.92 Å². The first-order valence-electron chi connectivity index (χ1n) is 9.25. The molecule has 0 radical (unpaired) electrons. The third-order valence-corrected chi connectivity index (χ3v) is 4.59. The van der Waals surface area contributed by atoms with Crippen LogP contribution in [-0.4, -0.2) is 52.5 Å². The lowest BCUT2D eigenvalue weighted by atomic mass is 10.2. The number of hydrogen-bond donors (Lipinski definition) is 2. The first-order valence-corrected chi connectivity index (χ1v) is 10.0. The van der Waals surface area contributed by atoms with Crippen LogP contribution in [0, 0.1) is 0 Å². The molecule has 0 aliphatic heterocycles. The lowest BCUT2D eigenvalue weighted by Gasteiger charge is -2.12. The van der Waals surface area contributed by atoms with Gasteiger partial charge in [-0.25, -0.2) is 5.43 Å². The predicted octanol–water partition coefficient (Wildman–Crippen LogP) is 2.75. The van der Waals surface area contributed by atoms with E-state index in [0.29, 0.717) is 45.2 Å². The number of ether oxygens (including phenoxy) is 4. The normalized spacial score (nSPS) is 10.5. The monoisotopic (exact) mass is 493 g/mol. The van der Waals surface area contributed by atoms with Crippen LogP contribution < -0.4 is 29.7 Å². The maximum atomic E-state index is 12.2. The molecule has 2 amide bonds. The smallest absolute Gasteiger partial charge is 0.259 e. The van der Waals surface area contributed by atoms with Crippen LogP contribution >= 0.6 is 15.9 Å². The molecule has 0 fully saturated rings. The van der Waals surface area contributed by atoms with Gasteiger partial charge in [-0.2, -0.15) is 5.10 Å². The molecule has 31 heavy (non-hydrogen) atoms. The van der Waals surface area contributed by atoms with E-state index in [1.54, 1.807) is 24.3 Å². The standard InChI is InChI=1S/C21H24BrN3O6/c1-5-31-20-15(22)8-13(9-18(20)30-4)11-24-25-19(26)12-23-21(27)14-6-7-16(28-2)17(10-14)29-3/h6-11H,5,12H2,1-4H3,(H,23,27)(H,25,26)/b24-11+. The average Bonchev–Trinajstić information content (AvgIpc) is 2.78. The highest BCUT2D eigenvalue weighted by Crippen LogP contribution is 2.36. The summed E-state index contributed by atoms with van der Waals surface area (Å²) in [5.41, 5.74) is 3.38. The van der Waals surface area contributed by atoms with Gasteiger partial charge in [-0.1, -0.05) is 0 Å². The minimum Gasteiger partial charge on any atom is -0.493 e. The Morgan fingerprint density at radius 1 is 1.03 bits per heavy atom. The van der Waals surface area contributed by atoms with Gasteiger partial charge >= 0.3 is 0 Å². The molecule has 0 spiro atoms. The fraction of sp³-hybridized carbons (Fsp3) is 0.286. The van der Waals surface area contributed by atoms with E-state index in [-0.39, 0.29) is 6.54 Å². The van der Waals surface area contributed by atoms with Crippen LogP contribution in [0.15, 0.2) is 39.9 Å². The third kappa shape index (κ3) is 6.61. The molecule has 0 unspecified atom stereocenters. The van der Waals surface area contributed by atoms with Gasteiger partial charge in [0.2, 0.25) is 0 Å². The largest absolute Gasteiger partial charge is 0.493 e. The van der Waals surface area contributed by atoms with E-state index in [1.807, 2.05) is 6.92 Å². The number of hydrogen-bond acceptors (Lipinski definition) is 7. The number of benzene rings is 2. The highest BCUT2D eigenvalue weighted by atomic mass is 79.9. The van der Waals surface area contributed by atoms with Gasteiger partial charge in [0.25, 0.3) is 11.8 Å². The lowest BCUT2D eigenvalue weighted by molar-refractivity contribution is -0.120. The number of nitrogens with zero attached hydrogens (tertiary/aromatic N) is 1. The number of halogens is 1. The molecule has 2 aromatic carbocycles. The number of carbonyl (C=O) groups excluding carboxylic acids is 2. The molecule has 10 heteroatoms. The quantitative estimate of drug-likeness (QED) is 0.389. The van der Waals surface area contributed by atoms with Crippen LogP contribution in [-0.2, 0) is 4.79 Å². The van der Waals surface area contributed by atoms with Crippen molar-refractivity contribution in [1.82, 2.24) is 10.7 Å². The summed E-state index contributed by atoms with van der Waals surface area (Å²) in [7, 11) is 4.52. The molecule has 2 rings (SSSR count). The van der Waals surface area contributed by atoms with Crippen LogP contribution in [0.1, 0.15) is 22.8 Å². The maximum Gasteiger partial charge on any atom is 0.259 e. The first kappa shape index (κ1) is 24.0. The Kier molecular flexibility index (Phi) is 9.13. The van der Waals surface area contributed by atoms with E-state index in [4.69, 9.17) is 18.9 Å². The van der Waals surface area contributed by atoms with Gasteiger partial charge in [0, 0.05) is 5.56 Å². The minimum atomic E-state index is -0.484. The number of hydrazone groups is 1. The zero-order chi connectivity index (χ0) is 22.8.